The van der Waals surface area contributed by atoms with Crippen molar-refractivity contribution < 1.29 is 4.74 Å². The van der Waals surface area contributed by atoms with Crippen molar-refractivity contribution in [2.45, 2.75) is 20.3 Å². The standard InChI is InChI=1S/C18H26N6O/c1-13-12-14(2)23-18(22-13)24-17(19)21-9-8-15-4-6-16(7-5-15)25-11-10-20-3/h4-7,12,20H,8-11H2,1-3H3,(H3,19,21,22,23,24). The Kier molecular flexibility index (Phi) is 7.16. The van der Waals surface area contributed by atoms with Gasteiger partial charge in [-0.2, -0.15) is 0 Å². The average molecular weight is 342 g/mol. The van der Waals surface area contributed by atoms with Crippen LogP contribution in [0, 0.1) is 13.8 Å². The molecular weight excluding hydrogens is 316 g/mol. The zero-order valence-corrected chi connectivity index (χ0v) is 15.0. The lowest BCUT2D eigenvalue weighted by Gasteiger charge is -2.07. The van der Waals surface area contributed by atoms with Crippen LogP contribution in [0.3, 0.4) is 0 Å². The zero-order valence-electron chi connectivity index (χ0n) is 15.0. The predicted molar refractivity (Wildman–Crippen MR) is 101 cm³/mol. The molecule has 0 amide bonds. The number of benzene rings is 1. The molecule has 0 saturated heterocycles. The summed E-state index contributed by atoms with van der Waals surface area (Å²) in [5.41, 5.74) is 8.85. The molecule has 0 aliphatic rings. The van der Waals surface area contributed by atoms with Gasteiger partial charge in [0, 0.05) is 24.5 Å². The van der Waals surface area contributed by atoms with Crippen LogP contribution in [0.1, 0.15) is 17.0 Å². The summed E-state index contributed by atoms with van der Waals surface area (Å²) in [4.78, 5) is 12.9. The maximum atomic E-state index is 5.90. The van der Waals surface area contributed by atoms with E-state index in [1.165, 1.54) is 5.56 Å². The number of aliphatic imine (C=N–C) groups is 1. The Hall–Kier alpha value is -2.67. The van der Waals surface area contributed by atoms with Gasteiger partial charge in [0.25, 0.3) is 0 Å². The second kappa shape index (κ2) is 9.58. The number of hydrogen-bond donors (Lipinski definition) is 3. The highest BCUT2D eigenvalue weighted by atomic mass is 16.5. The molecule has 0 unspecified atom stereocenters. The van der Waals surface area contributed by atoms with E-state index in [9.17, 15) is 0 Å². The molecule has 134 valence electrons. The number of aromatic nitrogens is 2. The first kappa shape index (κ1) is 18.7. The molecule has 0 fully saturated rings. The van der Waals surface area contributed by atoms with Gasteiger partial charge in [0.1, 0.15) is 12.4 Å². The number of nitrogens with zero attached hydrogens (tertiary/aromatic N) is 3. The Morgan fingerprint density at radius 3 is 2.48 bits per heavy atom. The van der Waals surface area contributed by atoms with Crippen LogP contribution in [0.15, 0.2) is 35.3 Å². The van der Waals surface area contributed by atoms with E-state index >= 15 is 0 Å². The number of aryl methyl sites for hydroxylation is 2. The highest BCUT2D eigenvalue weighted by Crippen LogP contribution is 2.12. The fourth-order valence-corrected chi connectivity index (χ4v) is 2.26. The maximum Gasteiger partial charge on any atom is 0.229 e. The molecule has 0 radical (unpaired) electrons. The first-order chi connectivity index (χ1) is 12.1. The molecule has 0 spiro atoms. The summed E-state index contributed by atoms with van der Waals surface area (Å²) < 4.78 is 5.60. The molecule has 1 aromatic carbocycles. The predicted octanol–water partition coefficient (Wildman–Crippen LogP) is 1.66. The van der Waals surface area contributed by atoms with Gasteiger partial charge in [-0.25, -0.2) is 9.97 Å². The molecule has 0 bridgehead atoms. The third-order valence-electron chi connectivity index (χ3n) is 3.45. The van der Waals surface area contributed by atoms with Crippen molar-refractivity contribution in [3.8, 4) is 5.75 Å². The normalized spacial score (nSPS) is 11.4. The third-order valence-corrected chi connectivity index (χ3v) is 3.45. The van der Waals surface area contributed by atoms with E-state index in [0.717, 1.165) is 30.1 Å². The maximum absolute atomic E-state index is 5.90. The fraction of sp³-hybridized carbons (Fsp3) is 0.389. The minimum Gasteiger partial charge on any atom is -0.492 e. The highest BCUT2D eigenvalue weighted by Gasteiger charge is 2.01. The Labute approximate surface area is 148 Å². The molecule has 7 heteroatoms. The first-order valence-corrected chi connectivity index (χ1v) is 8.32. The van der Waals surface area contributed by atoms with Gasteiger partial charge >= 0.3 is 0 Å². The lowest BCUT2D eigenvalue weighted by molar-refractivity contribution is 0.318. The van der Waals surface area contributed by atoms with E-state index in [-0.39, 0.29) is 0 Å². The lowest BCUT2D eigenvalue weighted by Crippen LogP contribution is -2.24. The topological polar surface area (TPSA) is 97.5 Å². The van der Waals surface area contributed by atoms with Crippen molar-refractivity contribution in [2.75, 3.05) is 32.1 Å². The Morgan fingerprint density at radius 1 is 1.16 bits per heavy atom. The summed E-state index contributed by atoms with van der Waals surface area (Å²) in [6.07, 6.45) is 0.798. The van der Waals surface area contributed by atoms with Gasteiger partial charge in [0.2, 0.25) is 5.95 Å². The summed E-state index contributed by atoms with van der Waals surface area (Å²) in [6.45, 7) is 5.90. The van der Waals surface area contributed by atoms with Crippen molar-refractivity contribution in [1.29, 1.82) is 0 Å². The smallest absolute Gasteiger partial charge is 0.229 e. The molecule has 0 saturated carbocycles. The number of rotatable bonds is 8. The molecule has 0 atom stereocenters. The van der Waals surface area contributed by atoms with Crippen molar-refractivity contribution in [3.63, 3.8) is 0 Å². The molecule has 1 aromatic heterocycles. The molecule has 4 N–H and O–H groups in total. The molecular formula is C18H26N6O. The van der Waals surface area contributed by atoms with E-state index < -0.39 is 0 Å². The molecule has 1 heterocycles. The van der Waals surface area contributed by atoms with Crippen LogP contribution in [0.4, 0.5) is 5.95 Å². The molecule has 2 aromatic rings. The quantitative estimate of drug-likeness (QED) is 0.383. The molecule has 2 rings (SSSR count). The largest absolute Gasteiger partial charge is 0.492 e. The van der Waals surface area contributed by atoms with Gasteiger partial charge in [-0.1, -0.05) is 12.1 Å². The number of likely N-dealkylation sites (N-methyl/N-ethyl adjacent to an activating group) is 1. The van der Waals surface area contributed by atoms with E-state index in [1.54, 1.807) is 0 Å². The molecule has 0 aliphatic carbocycles. The van der Waals surface area contributed by atoms with Crippen LogP contribution in [0.5, 0.6) is 5.75 Å². The van der Waals surface area contributed by atoms with Crippen molar-refractivity contribution >= 4 is 11.9 Å². The monoisotopic (exact) mass is 342 g/mol. The summed E-state index contributed by atoms with van der Waals surface area (Å²) >= 11 is 0. The van der Waals surface area contributed by atoms with Gasteiger partial charge in [-0.05, 0) is 51.1 Å². The Morgan fingerprint density at radius 2 is 1.84 bits per heavy atom. The van der Waals surface area contributed by atoms with Crippen molar-refractivity contribution in [3.05, 3.63) is 47.3 Å². The van der Waals surface area contributed by atoms with Gasteiger partial charge in [0.15, 0.2) is 5.96 Å². The van der Waals surface area contributed by atoms with Crippen molar-refractivity contribution in [2.24, 2.45) is 10.7 Å². The lowest BCUT2D eigenvalue weighted by atomic mass is 10.1. The van der Waals surface area contributed by atoms with Crippen LogP contribution < -0.4 is 21.1 Å². The Bertz CT molecular complexity index is 679. The van der Waals surface area contributed by atoms with Crippen LogP contribution in [-0.4, -0.2) is 42.7 Å². The second-order valence-corrected chi connectivity index (χ2v) is 5.71. The van der Waals surface area contributed by atoms with Crippen molar-refractivity contribution in [1.82, 2.24) is 15.3 Å². The third kappa shape index (κ3) is 6.76. The zero-order chi connectivity index (χ0) is 18.1. The van der Waals surface area contributed by atoms with Crippen LogP contribution in [0.25, 0.3) is 0 Å². The SMILES string of the molecule is CNCCOc1ccc(CCN=C(N)Nc2nc(C)cc(C)n2)cc1. The van der Waals surface area contributed by atoms with Gasteiger partial charge < -0.3 is 15.8 Å². The second-order valence-electron chi connectivity index (χ2n) is 5.71. The van der Waals surface area contributed by atoms with Gasteiger partial charge in [0.05, 0.1) is 0 Å². The summed E-state index contributed by atoms with van der Waals surface area (Å²) in [6, 6.07) is 9.94. The number of ether oxygens (including phenoxy) is 1. The van der Waals surface area contributed by atoms with Gasteiger partial charge in [-0.3, -0.25) is 10.3 Å². The number of nitrogens with one attached hydrogen (secondary N) is 2. The highest BCUT2D eigenvalue weighted by molar-refractivity contribution is 5.90. The van der Waals surface area contributed by atoms with Crippen LogP contribution in [0.2, 0.25) is 0 Å². The van der Waals surface area contributed by atoms with E-state index in [0.29, 0.717) is 25.1 Å². The summed E-state index contributed by atoms with van der Waals surface area (Å²) in [7, 11) is 1.90. The van der Waals surface area contributed by atoms with E-state index in [4.69, 9.17) is 10.5 Å². The first-order valence-electron chi connectivity index (χ1n) is 8.32. The van der Waals surface area contributed by atoms with E-state index in [2.05, 4.69) is 25.6 Å². The van der Waals surface area contributed by atoms with E-state index in [1.807, 2.05) is 51.2 Å². The number of anilines is 1. The van der Waals surface area contributed by atoms with Gasteiger partial charge in [-0.15, -0.1) is 0 Å². The summed E-state index contributed by atoms with van der Waals surface area (Å²) in [5, 5.41) is 5.97. The minimum atomic E-state index is 0.317. The molecule has 25 heavy (non-hydrogen) atoms. The number of guanidine groups is 1. The molecule has 0 aliphatic heterocycles. The number of hydrogen-bond acceptors (Lipinski definition) is 5. The van der Waals surface area contributed by atoms with Crippen LogP contribution >= 0.6 is 0 Å². The number of nitrogens with two attached hydrogens (primary N) is 1. The molecule has 7 nitrogen and oxygen atoms in total. The minimum absolute atomic E-state index is 0.317. The average Bonchev–Trinajstić information content (AvgIpc) is 2.55. The van der Waals surface area contributed by atoms with Crippen LogP contribution in [-0.2, 0) is 6.42 Å². The fourth-order valence-electron chi connectivity index (χ4n) is 2.26. The summed E-state index contributed by atoms with van der Waals surface area (Å²) in [5.74, 6) is 1.66. The Balaban J connectivity index is 1.81.